The van der Waals surface area contributed by atoms with Gasteiger partial charge in [-0.1, -0.05) is 39.0 Å². The zero-order chi connectivity index (χ0) is 11.4. The highest BCUT2D eigenvalue weighted by atomic mass is 15.1. The molecular formula is C15H29N. The van der Waals surface area contributed by atoms with Crippen LogP contribution in [0.25, 0.3) is 0 Å². The van der Waals surface area contributed by atoms with E-state index in [2.05, 4.69) is 18.9 Å². The van der Waals surface area contributed by atoms with E-state index in [-0.39, 0.29) is 0 Å². The number of hydrogen-bond acceptors (Lipinski definition) is 1. The van der Waals surface area contributed by atoms with Crippen LogP contribution in [-0.2, 0) is 0 Å². The van der Waals surface area contributed by atoms with Crippen molar-refractivity contribution >= 4 is 0 Å². The van der Waals surface area contributed by atoms with Crippen LogP contribution < -0.4 is 0 Å². The van der Waals surface area contributed by atoms with Gasteiger partial charge in [0.2, 0.25) is 0 Å². The minimum Gasteiger partial charge on any atom is -0.303 e. The van der Waals surface area contributed by atoms with Crippen LogP contribution in [0, 0.1) is 11.8 Å². The summed E-state index contributed by atoms with van der Waals surface area (Å²) in [5, 5.41) is 0. The molecule has 0 aliphatic heterocycles. The smallest absolute Gasteiger partial charge is 0.00922 e. The minimum atomic E-state index is 0.920. The Bertz CT molecular complexity index is 196. The zero-order valence-electron chi connectivity index (χ0n) is 11.3. The molecule has 0 aromatic carbocycles. The fraction of sp³-hybridized carbons (Fsp3) is 1.00. The maximum absolute atomic E-state index is 2.65. The van der Waals surface area contributed by atoms with E-state index in [9.17, 15) is 0 Å². The van der Waals surface area contributed by atoms with Gasteiger partial charge < -0.3 is 4.90 Å². The lowest BCUT2D eigenvalue weighted by Gasteiger charge is -2.25. The molecule has 2 unspecified atom stereocenters. The molecule has 2 fully saturated rings. The molecule has 1 nitrogen and oxygen atoms in total. The van der Waals surface area contributed by atoms with E-state index >= 15 is 0 Å². The molecule has 0 radical (unpaired) electrons. The van der Waals surface area contributed by atoms with Gasteiger partial charge in [-0.2, -0.15) is 0 Å². The van der Waals surface area contributed by atoms with Gasteiger partial charge in [0.05, 0.1) is 0 Å². The van der Waals surface area contributed by atoms with Crippen LogP contribution in [0.4, 0.5) is 0 Å². The summed E-state index contributed by atoms with van der Waals surface area (Å²) in [6.45, 7) is 3.71. The van der Waals surface area contributed by atoms with Crippen molar-refractivity contribution in [3.63, 3.8) is 0 Å². The third-order valence-corrected chi connectivity index (χ3v) is 5.07. The Kier molecular flexibility index (Phi) is 4.69. The molecule has 2 atom stereocenters. The molecule has 2 aliphatic carbocycles. The summed E-state index contributed by atoms with van der Waals surface area (Å²) in [6.07, 6.45) is 13.3. The molecule has 0 aromatic heterocycles. The quantitative estimate of drug-likeness (QED) is 0.679. The predicted molar refractivity (Wildman–Crippen MR) is 70.6 cm³/mol. The molecule has 94 valence electrons. The van der Waals surface area contributed by atoms with E-state index in [1.165, 1.54) is 64.3 Å². The summed E-state index contributed by atoms with van der Waals surface area (Å²) < 4.78 is 0. The predicted octanol–water partition coefficient (Wildman–Crippen LogP) is 4.08. The van der Waals surface area contributed by atoms with Crippen molar-refractivity contribution in [1.82, 2.24) is 4.90 Å². The molecule has 1 heteroatoms. The van der Waals surface area contributed by atoms with Crippen molar-refractivity contribution in [1.29, 1.82) is 0 Å². The third-order valence-electron chi connectivity index (χ3n) is 5.07. The zero-order valence-corrected chi connectivity index (χ0v) is 11.3. The van der Waals surface area contributed by atoms with E-state index in [0.29, 0.717) is 0 Å². The van der Waals surface area contributed by atoms with Crippen LogP contribution in [0.15, 0.2) is 0 Å². The molecule has 0 amide bonds. The molecule has 2 aliphatic rings. The van der Waals surface area contributed by atoms with Gasteiger partial charge in [-0.15, -0.1) is 0 Å². The van der Waals surface area contributed by atoms with E-state index in [1.54, 1.807) is 0 Å². The van der Waals surface area contributed by atoms with Crippen molar-refractivity contribution in [3.05, 3.63) is 0 Å². The lowest BCUT2D eigenvalue weighted by atomic mass is 10.00. The highest BCUT2D eigenvalue weighted by Crippen LogP contribution is 2.35. The maximum Gasteiger partial charge on any atom is 0.00922 e. The Morgan fingerprint density at radius 1 is 1.00 bits per heavy atom. The molecule has 0 saturated heterocycles. The van der Waals surface area contributed by atoms with Crippen molar-refractivity contribution < 1.29 is 0 Å². The molecule has 2 saturated carbocycles. The molecule has 0 aromatic rings. The van der Waals surface area contributed by atoms with Gasteiger partial charge in [0.15, 0.2) is 0 Å². The SMILES string of the molecule is CCC1CCC(CCN(C)C2CCCC2)C1. The van der Waals surface area contributed by atoms with Crippen LogP contribution in [-0.4, -0.2) is 24.5 Å². The first-order valence-corrected chi connectivity index (χ1v) is 7.49. The summed E-state index contributed by atoms with van der Waals surface area (Å²) in [5.41, 5.74) is 0. The average Bonchev–Trinajstić information content (AvgIpc) is 2.96. The van der Waals surface area contributed by atoms with E-state index in [1.807, 2.05) is 0 Å². The van der Waals surface area contributed by atoms with Crippen molar-refractivity contribution in [3.8, 4) is 0 Å². The van der Waals surface area contributed by atoms with Gasteiger partial charge in [0.1, 0.15) is 0 Å². The Morgan fingerprint density at radius 2 is 1.69 bits per heavy atom. The number of nitrogens with zero attached hydrogens (tertiary/aromatic N) is 1. The molecule has 0 bridgehead atoms. The van der Waals surface area contributed by atoms with Gasteiger partial charge in [-0.25, -0.2) is 0 Å². The van der Waals surface area contributed by atoms with E-state index in [0.717, 1.165) is 17.9 Å². The molecular weight excluding hydrogens is 194 g/mol. The normalized spacial score (nSPS) is 31.7. The summed E-state index contributed by atoms with van der Waals surface area (Å²) in [4.78, 5) is 2.65. The molecule has 2 rings (SSSR count). The molecule has 0 heterocycles. The Morgan fingerprint density at radius 3 is 2.31 bits per heavy atom. The second-order valence-electron chi connectivity index (χ2n) is 6.16. The fourth-order valence-corrected chi connectivity index (χ4v) is 3.73. The highest BCUT2D eigenvalue weighted by molar-refractivity contribution is 4.78. The van der Waals surface area contributed by atoms with Crippen molar-refractivity contribution in [2.45, 2.75) is 70.8 Å². The summed E-state index contributed by atoms with van der Waals surface area (Å²) in [6, 6.07) is 0.920. The van der Waals surface area contributed by atoms with Gasteiger partial charge in [0, 0.05) is 6.04 Å². The van der Waals surface area contributed by atoms with Crippen LogP contribution in [0.5, 0.6) is 0 Å². The fourth-order valence-electron chi connectivity index (χ4n) is 3.73. The first-order valence-electron chi connectivity index (χ1n) is 7.49. The second kappa shape index (κ2) is 6.05. The standard InChI is InChI=1S/C15H29N/c1-3-13-8-9-14(12-13)10-11-16(2)15-6-4-5-7-15/h13-15H,3-12H2,1-2H3. The van der Waals surface area contributed by atoms with Crippen LogP contribution in [0.1, 0.15) is 64.7 Å². The van der Waals surface area contributed by atoms with Gasteiger partial charge in [0.25, 0.3) is 0 Å². The Labute approximate surface area is 102 Å². The van der Waals surface area contributed by atoms with Crippen molar-refractivity contribution in [2.24, 2.45) is 11.8 Å². The number of rotatable bonds is 5. The molecule has 0 N–H and O–H groups in total. The Balaban J connectivity index is 1.63. The topological polar surface area (TPSA) is 3.24 Å². The highest BCUT2D eigenvalue weighted by Gasteiger charge is 2.25. The van der Waals surface area contributed by atoms with E-state index in [4.69, 9.17) is 0 Å². The first-order chi connectivity index (χ1) is 7.79. The van der Waals surface area contributed by atoms with Crippen LogP contribution in [0.2, 0.25) is 0 Å². The summed E-state index contributed by atoms with van der Waals surface area (Å²) in [5.74, 6) is 2.11. The van der Waals surface area contributed by atoms with Gasteiger partial charge in [-0.3, -0.25) is 0 Å². The van der Waals surface area contributed by atoms with Gasteiger partial charge in [-0.05, 0) is 51.1 Å². The molecule has 0 spiro atoms. The van der Waals surface area contributed by atoms with Crippen LogP contribution >= 0.6 is 0 Å². The van der Waals surface area contributed by atoms with Gasteiger partial charge >= 0.3 is 0 Å². The maximum atomic E-state index is 2.65. The molecule has 16 heavy (non-hydrogen) atoms. The lowest BCUT2D eigenvalue weighted by Crippen LogP contribution is -2.30. The van der Waals surface area contributed by atoms with Crippen molar-refractivity contribution in [2.75, 3.05) is 13.6 Å². The van der Waals surface area contributed by atoms with E-state index < -0.39 is 0 Å². The van der Waals surface area contributed by atoms with Crippen LogP contribution in [0.3, 0.4) is 0 Å². The Hall–Kier alpha value is -0.0400. The minimum absolute atomic E-state index is 0.920. The largest absolute Gasteiger partial charge is 0.303 e. The summed E-state index contributed by atoms with van der Waals surface area (Å²) >= 11 is 0. The average molecular weight is 223 g/mol. The second-order valence-corrected chi connectivity index (χ2v) is 6.16. The monoisotopic (exact) mass is 223 g/mol. The third kappa shape index (κ3) is 3.23. The summed E-state index contributed by atoms with van der Waals surface area (Å²) in [7, 11) is 2.35. The first kappa shape index (κ1) is 12.4. The lowest BCUT2D eigenvalue weighted by molar-refractivity contribution is 0.226. The number of hydrogen-bond donors (Lipinski definition) is 0.